The minimum absolute atomic E-state index is 0.151. The fraction of sp³-hybridized carbons (Fsp3) is 0.600. The molecule has 2 N–H and O–H groups in total. The number of hydrogen-bond donors (Lipinski definition) is 2. The van der Waals surface area contributed by atoms with Gasteiger partial charge in [-0.2, -0.15) is 0 Å². The van der Waals surface area contributed by atoms with Crippen molar-refractivity contribution in [2.75, 3.05) is 31.1 Å². The summed E-state index contributed by atoms with van der Waals surface area (Å²) in [7, 11) is 0. The number of aliphatic hydroxyl groups excluding tert-OH is 1. The molecule has 1 fully saturated rings. The molecule has 1 saturated heterocycles. The zero-order valence-electron chi connectivity index (χ0n) is 11.7. The predicted molar refractivity (Wildman–Crippen MR) is 75.9 cm³/mol. The maximum atomic E-state index is 13.0. The molecule has 4 heteroatoms. The smallest absolute Gasteiger partial charge is 0.123 e. The Morgan fingerprint density at radius 1 is 1.37 bits per heavy atom. The van der Waals surface area contributed by atoms with Crippen LogP contribution in [0.25, 0.3) is 0 Å². The van der Waals surface area contributed by atoms with E-state index in [1.807, 2.05) is 12.1 Å². The van der Waals surface area contributed by atoms with Crippen LogP contribution in [0.15, 0.2) is 24.3 Å². The molecule has 19 heavy (non-hydrogen) atoms. The van der Waals surface area contributed by atoms with E-state index < -0.39 is 0 Å². The first-order valence-electron chi connectivity index (χ1n) is 6.85. The Hall–Kier alpha value is -1.13. The molecule has 1 aliphatic rings. The number of hydrogen-bond acceptors (Lipinski definition) is 3. The van der Waals surface area contributed by atoms with E-state index in [1.165, 1.54) is 12.1 Å². The second-order valence-electron chi connectivity index (χ2n) is 6.11. The van der Waals surface area contributed by atoms with Crippen LogP contribution in [0.1, 0.15) is 20.3 Å². The van der Waals surface area contributed by atoms with Crippen LogP contribution in [0.4, 0.5) is 10.1 Å². The fourth-order valence-corrected chi connectivity index (χ4v) is 2.59. The van der Waals surface area contributed by atoms with Crippen LogP contribution < -0.4 is 10.2 Å². The molecule has 0 aliphatic carbocycles. The van der Waals surface area contributed by atoms with Crippen molar-refractivity contribution in [3.8, 4) is 0 Å². The summed E-state index contributed by atoms with van der Waals surface area (Å²) in [4.78, 5) is 2.28. The van der Waals surface area contributed by atoms with Crippen molar-refractivity contribution in [1.29, 1.82) is 0 Å². The van der Waals surface area contributed by atoms with Gasteiger partial charge in [0.05, 0.1) is 0 Å². The minimum Gasteiger partial charge on any atom is -0.396 e. The van der Waals surface area contributed by atoms with E-state index in [2.05, 4.69) is 24.1 Å². The lowest BCUT2D eigenvalue weighted by molar-refractivity contribution is 0.263. The zero-order valence-corrected chi connectivity index (χ0v) is 11.7. The average molecular weight is 266 g/mol. The number of halogens is 1. The van der Waals surface area contributed by atoms with Crippen molar-refractivity contribution < 1.29 is 9.50 Å². The number of anilines is 1. The van der Waals surface area contributed by atoms with E-state index in [9.17, 15) is 4.39 Å². The second kappa shape index (κ2) is 5.88. The summed E-state index contributed by atoms with van der Waals surface area (Å²) >= 11 is 0. The van der Waals surface area contributed by atoms with Crippen molar-refractivity contribution in [2.24, 2.45) is 5.41 Å². The van der Waals surface area contributed by atoms with Crippen LogP contribution in [0, 0.1) is 11.2 Å². The summed E-state index contributed by atoms with van der Waals surface area (Å²) in [6.45, 7) is 7.32. The van der Waals surface area contributed by atoms with Gasteiger partial charge in [0.15, 0.2) is 0 Å². The molecule has 0 amide bonds. The van der Waals surface area contributed by atoms with Gasteiger partial charge in [-0.15, -0.1) is 0 Å². The Morgan fingerprint density at radius 2 is 2.05 bits per heavy atom. The Labute approximate surface area is 114 Å². The quantitative estimate of drug-likeness (QED) is 0.878. The molecule has 1 aromatic carbocycles. The molecule has 3 nitrogen and oxygen atoms in total. The first-order chi connectivity index (χ1) is 9.00. The average Bonchev–Trinajstić information content (AvgIpc) is 2.50. The van der Waals surface area contributed by atoms with E-state index in [1.54, 1.807) is 0 Å². The third-order valence-corrected chi connectivity index (χ3v) is 3.60. The van der Waals surface area contributed by atoms with E-state index in [-0.39, 0.29) is 23.9 Å². The third kappa shape index (κ3) is 3.91. The van der Waals surface area contributed by atoms with Crippen LogP contribution in [0.2, 0.25) is 0 Å². The van der Waals surface area contributed by atoms with Gasteiger partial charge in [0.1, 0.15) is 5.82 Å². The molecule has 0 saturated carbocycles. The molecule has 1 atom stereocenters. The van der Waals surface area contributed by atoms with Gasteiger partial charge in [0.2, 0.25) is 0 Å². The largest absolute Gasteiger partial charge is 0.396 e. The molecule has 106 valence electrons. The van der Waals surface area contributed by atoms with Crippen LogP contribution in [-0.2, 0) is 0 Å². The summed E-state index contributed by atoms with van der Waals surface area (Å²) in [6, 6.07) is 6.93. The normalized spacial score (nSPS) is 23.2. The maximum absolute atomic E-state index is 13.0. The van der Waals surface area contributed by atoms with E-state index >= 15 is 0 Å². The molecular formula is C15H23FN2O. The van der Waals surface area contributed by atoms with Crippen molar-refractivity contribution in [3.05, 3.63) is 30.1 Å². The molecule has 0 spiro atoms. The van der Waals surface area contributed by atoms with Gasteiger partial charge in [-0.25, -0.2) is 4.39 Å². The first kappa shape index (κ1) is 14.3. The summed E-state index contributed by atoms with van der Waals surface area (Å²) in [5.41, 5.74) is 1.19. The molecule has 1 unspecified atom stereocenters. The Bertz CT molecular complexity index is 405. The number of nitrogens with one attached hydrogen (secondary N) is 1. The Balaban J connectivity index is 2.17. The standard InChI is InChI=1S/C15H23FN2O/c1-15(2)10-17-13(7-8-19)9-18(11-15)14-5-3-12(16)4-6-14/h3-6,13,17,19H,7-11H2,1-2H3. The maximum Gasteiger partial charge on any atom is 0.123 e. The molecule has 1 aliphatic heterocycles. The highest BCUT2D eigenvalue weighted by Crippen LogP contribution is 2.25. The number of nitrogens with zero attached hydrogens (tertiary/aromatic N) is 1. The van der Waals surface area contributed by atoms with Gasteiger partial charge >= 0.3 is 0 Å². The van der Waals surface area contributed by atoms with Crippen molar-refractivity contribution in [3.63, 3.8) is 0 Å². The molecule has 2 rings (SSSR count). The molecule has 0 bridgehead atoms. The monoisotopic (exact) mass is 266 g/mol. The van der Waals surface area contributed by atoms with Crippen LogP contribution in [0.5, 0.6) is 0 Å². The summed E-state index contributed by atoms with van der Waals surface area (Å²) in [6.07, 6.45) is 0.744. The summed E-state index contributed by atoms with van der Waals surface area (Å²) in [5.74, 6) is -0.206. The van der Waals surface area contributed by atoms with Crippen molar-refractivity contribution >= 4 is 5.69 Å². The third-order valence-electron chi connectivity index (χ3n) is 3.60. The fourth-order valence-electron chi connectivity index (χ4n) is 2.59. The van der Waals surface area contributed by atoms with Crippen LogP contribution in [-0.4, -0.2) is 37.4 Å². The second-order valence-corrected chi connectivity index (χ2v) is 6.11. The van der Waals surface area contributed by atoms with Gasteiger partial charge in [-0.1, -0.05) is 13.8 Å². The van der Waals surface area contributed by atoms with Gasteiger partial charge < -0.3 is 15.3 Å². The molecule has 0 radical (unpaired) electrons. The molecule has 0 aromatic heterocycles. The van der Waals surface area contributed by atoms with Crippen LogP contribution >= 0.6 is 0 Å². The first-order valence-corrected chi connectivity index (χ1v) is 6.85. The zero-order chi connectivity index (χ0) is 13.9. The number of rotatable bonds is 3. The van der Waals surface area contributed by atoms with Crippen molar-refractivity contribution in [2.45, 2.75) is 26.3 Å². The Morgan fingerprint density at radius 3 is 2.68 bits per heavy atom. The topological polar surface area (TPSA) is 35.5 Å². The lowest BCUT2D eigenvalue weighted by Gasteiger charge is -2.31. The van der Waals surface area contributed by atoms with Gasteiger partial charge in [-0.3, -0.25) is 0 Å². The van der Waals surface area contributed by atoms with E-state index in [4.69, 9.17) is 5.11 Å². The van der Waals surface area contributed by atoms with E-state index in [0.29, 0.717) is 0 Å². The van der Waals surface area contributed by atoms with Gasteiger partial charge in [-0.05, 0) is 36.1 Å². The van der Waals surface area contributed by atoms with Gasteiger partial charge in [0, 0.05) is 38.0 Å². The van der Waals surface area contributed by atoms with Crippen molar-refractivity contribution in [1.82, 2.24) is 5.32 Å². The summed E-state index contributed by atoms with van der Waals surface area (Å²) in [5, 5.41) is 12.6. The van der Waals surface area contributed by atoms with E-state index in [0.717, 1.165) is 31.7 Å². The Kier molecular flexibility index (Phi) is 4.42. The lowest BCUT2D eigenvalue weighted by Crippen LogP contribution is -2.38. The highest BCUT2D eigenvalue weighted by Gasteiger charge is 2.28. The number of benzene rings is 1. The predicted octanol–water partition coefficient (Wildman–Crippen LogP) is 2.01. The molecule has 1 heterocycles. The van der Waals surface area contributed by atoms with Crippen LogP contribution in [0.3, 0.4) is 0 Å². The summed E-state index contributed by atoms with van der Waals surface area (Å²) < 4.78 is 13.0. The minimum atomic E-state index is -0.206. The SMILES string of the molecule is CC1(C)CNC(CCO)CN(c2ccc(F)cc2)C1. The highest BCUT2D eigenvalue weighted by molar-refractivity contribution is 5.47. The molecule has 1 aromatic rings. The molecular weight excluding hydrogens is 243 g/mol. The van der Waals surface area contributed by atoms with Gasteiger partial charge in [0.25, 0.3) is 0 Å². The lowest BCUT2D eigenvalue weighted by atomic mass is 9.93. The highest BCUT2D eigenvalue weighted by atomic mass is 19.1. The number of aliphatic hydroxyl groups is 1.